The molecule has 0 amide bonds. The molecule has 0 aliphatic heterocycles. The standard InChI is InChI=1S/C5H8O3.C4H6O2/c1-3(4(2)6)5(7)8;1-3(2)4(5)6/h4,6H,1H2,2H3,(H,7,8);1H2,2H3,(H,5,6). The van der Waals surface area contributed by atoms with E-state index >= 15 is 0 Å². The van der Waals surface area contributed by atoms with Crippen LogP contribution in [0.25, 0.3) is 0 Å². The highest BCUT2D eigenvalue weighted by Crippen LogP contribution is 1.95. The van der Waals surface area contributed by atoms with Crippen LogP contribution in [0.2, 0.25) is 0 Å². The minimum absolute atomic E-state index is 0.176. The lowest BCUT2D eigenvalue weighted by atomic mass is 10.2. The van der Waals surface area contributed by atoms with Crippen molar-refractivity contribution in [1.29, 1.82) is 0 Å². The Hall–Kier alpha value is -1.62. The SMILES string of the molecule is C=C(C(=O)O)C(C)O.C=C(C)C(=O)O. The Morgan fingerprint density at radius 1 is 1.14 bits per heavy atom. The average molecular weight is 202 g/mol. The third-order valence-electron chi connectivity index (χ3n) is 1.14. The molecule has 0 spiro atoms. The lowest BCUT2D eigenvalue weighted by Crippen LogP contribution is -2.11. The first-order chi connectivity index (χ1) is 6.20. The van der Waals surface area contributed by atoms with Crippen LogP contribution in [0.3, 0.4) is 0 Å². The molecule has 1 atom stereocenters. The van der Waals surface area contributed by atoms with Crippen molar-refractivity contribution >= 4 is 11.9 Å². The summed E-state index contributed by atoms with van der Waals surface area (Å²) in [5.74, 6) is -2.09. The zero-order valence-corrected chi connectivity index (χ0v) is 8.15. The second-order valence-corrected chi connectivity index (χ2v) is 2.59. The zero-order valence-electron chi connectivity index (χ0n) is 8.15. The number of carboxylic acid groups (broad SMARTS) is 2. The van der Waals surface area contributed by atoms with Crippen LogP contribution in [0.4, 0.5) is 0 Å². The quantitative estimate of drug-likeness (QED) is 0.584. The molecule has 0 saturated heterocycles. The highest BCUT2D eigenvalue weighted by molar-refractivity contribution is 5.86. The van der Waals surface area contributed by atoms with Crippen molar-refractivity contribution in [2.75, 3.05) is 0 Å². The smallest absolute Gasteiger partial charge is 0.333 e. The van der Waals surface area contributed by atoms with Gasteiger partial charge in [-0.25, -0.2) is 9.59 Å². The van der Waals surface area contributed by atoms with Gasteiger partial charge in [-0.1, -0.05) is 13.2 Å². The molecule has 0 radical (unpaired) electrons. The Morgan fingerprint density at radius 2 is 1.43 bits per heavy atom. The molecule has 0 fully saturated rings. The fourth-order valence-corrected chi connectivity index (χ4v) is 0.179. The van der Waals surface area contributed by atoms with E-state index in [0.29, 0.717) is 0 Å². The zero-order chi connectivity index (χ0) is 11.9. The largest absolute Gasteiger partial charge is 0.478 e. The van der Waals surface area contributed by atoms with Crippen molar-refractivity contribution in [3.63, 3.8) is 0 Å². The van der Waals surface area contributed by atoms with E-state index in [-0.39, 0.29) is 11.1 Å². The van der Waals surface area contributed by atoms with Crippen molar-refractivity contribution in [1.82, 2.24) is 0 Å². The van der Waals surface area contributed by atoms with E-state index in [0.717, 1.165) is 0 Å². The van der Waals surface area contributed by atoms with Crippen molar-refractivity contribution in [2.24, 2.45) is 0 Å². The van der Waals surface area contributed by atoms with Gasteiger partial charge in [-0.05, 0) is 13.8 Å². The van der Waals surface area contributed by atoms with E-state index in [1.54, 1.807) is 0 Å². The minimum Gasteiger partial charge on any atom is -0.478 e. The molecule has 80 valence electrons. The molecule has 5 nitrogen and oxygen atoms in total. The predicted octanol–water partition coefficient (Wildman–Crippen LogP) is 0.655. The minimum atomic E-state index is -1.15. The van der Waals surface area contributed by atoms with Crippen molar-refractivity contribution in [2.45, 2.75) is 20.0 Å². The van der Waals surface area contributed by atoms with Crippen LogP contribution in [0.5, 0.6) is 0 Å². The second kappa shape index (κ2) is 6.85. The lowest BCUT2D eigenvalue weighted by molar-refractivity contribution is -0.134. The summed E-state index contributed by atoms with van der Waals surface area (Å²) in [5, 5.41) is 24.5. The summed E-state index contributed by atoms with van der Waals surface area (Å²) in [6.07, 6.45) is -0.951. The van der Waals surface area contributed by atoms with Gasteiger partial charge in [0.1, 0.15) is 0 Å². The molecule has 5 heteroatoms. The molecule has 1 unspecified atom stereocenters. The van der Waals surface area contributed by atoms with Crippen LogP contribution in [-0.4, -0.2) is 33.4 Å². The Morgan fingerprint density at radius 3 is 1.43 bits per heavy atom. The number of aliphatic hydroxyl groups is 1. The van der Waals surface area contributed by atoms with Gasteiger partial charge in [0.05, 0.1) is 11.7 Å². The Balaban J connectivity index is 0. The van der Waals surface area contributed by atoms with Crippen LogP contribution < -0.4 is 0 Å². The summed E-state index contributed by atoms with van der Waals surface area (Å²) in [4.78, 5) is 19.5. The highest BCUT2D eigenvalue weighted by atomic mass is 16.4. The number of aliphatic carboxylic acids is 2. The van der Waals surface area contributed by atoms with E-state index in [1.165, 1.54) is 13.8 Å². The van der Waals surface area contributed by atoms with Crippen molar-refractivity contribution < 1.29 is 24.9 Å². The van der Waals surface area contributed by atoms with Crippen LogP contribution in [-0.2, 0) is 9.59 Å². The maximum Gasteiger partial charge on any atom is 0.333 e. The van der Waals surface area contributed by atoms with E-state index in [9.17, 15) is 9.59 Å². The summed E-state index contributed by atoms with van der Waals surface area (Å²) < 4.78 is 0. The third kappa shape index (κ3) is 8.48. The van der Waals surface area contributed by atoms with Crippen LogP contribution >= 0.6 is 0 Å². The first-order valence-electron chi connectivity index (χ1n) is 3.69. The predicted molar refractivity (Wildman–Crippen MR) is 50.9 cm³/mol. The molecule has 0 aromatic heterocycles. The van der Waals surface area contributed by atoms with E-state index in [4.69, 9.17) is 15.3 Å². The molecule has 0 heterocycles. The molecule has 0 saturated carbocycles. The fraction of sp³-hybridized carbons (Fsp3) is 0.333. The van der Waals surface area contributed by atoms with Gasteiger partial charge in [0, 0.05) is 5.57 Å². The van der Waals surface area contributed by atoms with Gasteiger partial charge in [0.2, 0.25) is 0 Å². The molecule has 0 aliphatic rings. The number of carboxylic acids is 2. The van der Waals surface area contributed by atoms with Gasteiger partial charge < -0.3 is 15.3 Å². The first kappa shape index (κ1) is 14.9. The van der Waals surface area contributed by atoms with Gasteiger partial charge in [0.25, 0.3) is 0 Å². The normalized spacial score (nSPS) is 10.5. The molecule has 14 heavy (non-hydrogen) atoms. The summed E-state index contributed by atoms with van der Waals surface area (Å²) in [5.41, 5.74) is 0.000000000000000666. The van der Waals surface area contributed by atoms with Crippen LogP contribution in [0.1, 0.15) is 13.8 Å². The number of hydrogen-bond acceptors (Lipinski definition) is 3. The highest BCUT2D eigenvalue weighted by Gasteiger charge is 2.08. The molecule has 0 rings (SSSR count). The maximum absolute atomic E-state index is 9.88. The summed E-state index contributed by atoms with van der Waals surface area (Å²) >= 11 is 0. The molecule has 3 N–H and O–H groups in total. The second-order valence-electron chi connectivity index (χ2n) is 2.59. The van der Waals surface area contributed by atoms with Gasteiger partial charge in [-0.2, -0.15) is 0 Å². The topological polar surface area (TPSA) is 94.8 Å². The Labute approximate surface area is 82.0 Å². The summed E-state index contributed by atoms with van der Waals surface area (Å²) in [6.45, 7) is 9.06. The van der Waals surface area contributed by atoms with Gasteiger partial charge in [0.15, 0.2) is 0 Å². The summed E-state index contributed by atoms with van der Waals surface area (Å²) in [6, 6.07) is 0. The van der Waals surface area contributed by atoms with Gasteiger partial charge in [-0.15, -0.1) is 0 Å². The lowest BCUT2D eigenvalue weighted by Gasteiger charge is -1.99. The Kier molecular flexibility index (Phi) is 7.28. The molecule has 0 bridgehead atoms. The number of hydrogen-bond donors (Lipinski definition) is 3. The van der Waals surface area contributed by atoms with Crippen molar-refractivity contribution in [3.05, 3.63) is 24.3 Å². The molecule has 0 aromatic rings. The Bertz CT molecular complexity index is 240. The third-order valence-corrected chi connectivity index (χ3v) is 1.14. The number of aliphatic hydroxyl groups excluding tert-OH is 1. The van der Waals surface area contributed by atoms with E-state index in [2.05, 4.69) is 13.2 Å². The summed E-state index contributed by atoms with van der Waals surface area (Å²) in [7, 11) is 0. The molecular weight excluding hydrogens is 188 g/mol. The monoisotopic (exact) mass is 202 g/mol. The van der Waals surface area contributed by atoms with Crippen molar-refractivity contribution in [3.8, 4) is 0 Å². The first-order valence-corrected chi connectivity index (χ1v) is 3.69. The van der Waals surface area contributed by atoms with E-state index in [1.807, 2.05) is 0 Å². The molecular formula is C9H14O5. The van der Waals surface area contributed by atoms with Crippen LogP contribution in [0, 0.1) is 0 Å². The van der Waals surface area contributed by atoms with Crippen LogP contribution in [0.15, 0.2) is 24.3 Å². The van der Waals surface area contributed by atoms with Gasteiger partial charge >= 0.3 is 11.9 Å². The van der Waals surface area contributed by atoms with Gasteiger partial charge in [-0.3, -0.25) is 0 Å². The van der Waals surface area contributed by atoms with E-state index < -0.39 is 18.0 Å². The molecule has 0 aromatic carbocycles. The number of rotatable bonds is 3. The average Bonchev–Trinajstić information content (AvgIpc) is 2.03. The fourth-order valence-electron chi connectivity index (χ4n) is 0.179. The number of carbonyl (C=O) groups is 2. The molecule has 0 aliphatic carbocycles. The maximum atomic E-state index is 9.88.